The van der Waals surface area contributed by atoms with E-state index in [1.54, 1.807) is 4.90 Å². The van der Waals surface area contributed by atoms with Gasteiger partial charge in [-0.3, -0.25) is 14.4 Å². The molecule has 164 valence electrons. The molecule has 0 saturated carbocycles. The van der Waals surface area contributed by atoms with Gasteiger partial charge >= 0.3 is 5.97 Å². The smallest absolute Gasteiger partial charge is 0.309 e. The van der Waals surface area contributed by atoms with Crippen molar-refractivity contribution in [2.45, 2.75) is 39.0 Å². The second kappa shape index (κ2) is 10.00. The fourth-order valence-electron chi connectivity index (χ4n) is 4.08. The van der Waals surface area contributed by atoms with Crippen LogP contribution in [-0.4, -0.2) is 60.4 Å². The van der Waals surface area contributed by atoms with Crippen molar-refractivity contribution >= 4 is 17.8 Å². The molecular weight excluding hydrogens is 394 g/mol. The Kier molecular flexibility index (Phi) is 7.39. The fraction of sp³-hybridized carbons (Fsp3) is 0.591. The van der Waals surface area contributed by atoms with Crippen molar-refractivity contribution in [1.82, 2.24) is 9.80 Å². The minimum absolute atomic E-state index is 0.0411. The molecule has 2 fully saturated rings. The molecule has 6 nitrogen and oxygen atoms in total. The molecule has 2 saturated heterocycles. The van der Waals surface area contributed by atoms with Gasteiger partial charge in [-0.1, -0.05) is 6.92 Å². The van der Waals surface area contributed by atoms with Crippen molar-refractivity contribution in [1.29, 1.82) is 0 Å². The summed E-state index contributed by atoms with van der Waals surface area (Å²) in [6.45, 7) is 4.07. The molecule has 3 rings (SSSR count). The summed E-state index contributed by atoms with van der Waals surface area (Å²) < 4.78 is 32.4. The van der Waals surface area contributed by atoms with Gasteiger partial charge in [0.2, 0.25) is 5.91 Å². The van der Waals surface area contributed by atoms with Crippen LogP contribution in [0, 0.1) is 23.5 Å². The normalized spacial score (nSPS) is 18.4. The molecule has 0 radical (unpaired) electrons. The zero-order valence-electron chi connectivity index (χ0n) is 17.2. The van der Waals surface area contributed by atoms with E-state index in [1.165, 1.54) is 4.90 Å². The van der Waals surface area contributed by atoms with Crippen LogP contribution < -0.4 is 0 Å². The quantitative estimate of drug-likeness (QED) is 0.685. The number of carbonyl (C=O) groups is 3. The number of amides is 2. The molecule has 2 heterocycles. The zero-order chi connectivity index (χ0) is 21.7. The Bertz CT molecular complexity index is 785. The molecule has 2 aliphatic heterocycles. The molecule has 1 aromatic rings. The van der Waals surface area contributed by atoms with Gasteiger partial charge in [-0.2, -0.15) is 0 Å². The standard InChI is InChI=1S/C22H28F2N2O4/c1-2-13-30-22(29)16-7-11-25(12-8-16)20(27)15-5-9-26(10-6-15)21(28)18-14-17(23)3-4-19(18)24/h3-4,14-16H,2,5-13H2,1H3. The molecule has 0 unspecified atom stereocenters. The lowest BCUT2D eigenvalue weighted by Crippen LogP contribution is -2.47. The van der Waals surface area contributed by atoms with Crippen LogP contribution in [0.15, 0.2) is 18.2 Å². The summed E-state index contributed by atoms with van der Waals surface area (Å²) in [5.74, 6) is -2.45. The van der Waals surface area contributed by atoms with Crippen LogP contribution in [0.25, 0.3) is 0 Å². The largest absolute Gasteiger partial charge is 0.465 e. The average Bonchev–Trinajstić information content (AvgIpc) is 2.78. The predicted octanol–water partition coefficient (Wildman–Crippen LogP) is 3.01. The number of nitrogens with zero attached hydrogens (tertiary/aromatic N) is 2. The third-order valence-electron chi connectivity index (χ3n) is 5.88. The highest BCUT2D eigenvalue weighted by molar-refractivity contribution is 5.94. The third-order valence-corrected chi connectivity index (χ3v) is 5.88. The van der Waals surface area contributed by atoms with Crippen LogP contribution in [0.3, 0.4) is 0 Å². The van der Waals surface area contributed by atoms with Crippen LogP contribution in [0.5, 0.6) is 0 Å². The van der Waals surface area contributed by atoms with Crippen LogP contribution in [-0.2, 0) is 14.3 Å². The Morgan fingerprint density at radius 1 is 0.967 bits per heavy atom. The molecule has 0 aliphatic carbocycles. The average molecular weight is 422 g/mol. The molecule has 2 aliphatic rings. The Hall–Kier alpha value is -2.51. The van der Waals surface area contributed by atoms with E-state index in [2.05, 4.69) is 0 Å². The zero-order valence-corrected chi connectivity index (χ0v) is 17.2. The number of esters is 1. The van der Waals surface area contributed by atoms with Gasteiger partial charge in [0.25, 0.3) is 5.91 Å². The van der Waals surface area contributed by atoms with Gasteiger partial charge in [0, 0.05) is 32.1 Å². The summed E-state index contributed by atoms with van der Waals surface area (Å²) in [6, 6.07) is 2.83. The van der Waals surface area contributed by atoms with Gasteiger partial charge in [-0.15, -0.1) is 0 Å². The topological polar surface area (TPSA) is 66.9 Å². The van der Waals surface area contributed by atoms with E-state index in [-0.39, 0.29) is 29.3 Å². The molecule has 0 aromatic heterocycles. The monoisotopic (exact) mass is 422 g/mol. The number of likely N-dealkylation sites (tertiary alicyclic amines) is 2. The minimum Gasteiger partial charge on any atom is -0.465 e. The highest BCUT2D eigenvalue weighted by atomic mass is 19.1. The maximum absolute atomic E-state index is 13.9. The first-order valence-electron chi connectivity index (χ1n) is 10.6. The predicted molar refractivity (Wildman–Crippen MR) is 106 cm³/mol. The summed E-state index contributed by atoms with van der Waals surface area (Å²) in [4.78, 5) is 40.6. The molecule has 0 N–H and O–H groups in total. The highest BCUT2D eigenvalue weighted by Crippen LogP contribution is 2.25. The number of halogens is 2. The first-order valence-corrected chi connectivity index (χ1v) is 10.6. The van der Waals surface area contributed by atoms with E-state index < -0.39 is 17.5 Å². The van der Waals surface area contributed by atoms with Gasteiger partial charge < -0.3 is 14.5 Å². The van der Waals surface area contributed by atoms with Gasteiger partial charge in [-0.05, 0) is 50.3 Å². The van der Waals surface area contributed by atoms with Crippen molar-refractivity contribution in [3.05, 3.63) is 35.4 Å². The first-order chi connectivity index (χ1) is 14.4. The van der Waals surface area contributed by atoms with Crippen molar-refractivity contribution in [3.63, 3.8) is 0 Å². The highest BCUT2D eigenvalue weighted by Gasteiger charge is 2.34. The summed E-state index contributed by atoms with van der Waals surface area (Å²) in [5.41, 5.74) is -0.281. The van der Waals surface area contributed by atoms with E-state index in [0.29, 0.717) is 58.5 Å². The second-order valence-corrected chi connectivity index (χ2v) is 7.96. The number of hydrogen-bond donors (Lipinski definition) is 0. The summed E-state index contributed by atoms with van der Waals surface area (Å²) in [5, 5.41) is 0. The van der Waals surface area contributed by atoms with Gasteiger partial charge in [0.05, 0.1) is 18.1 Å². The molecule has 0 atom stereocenters. The van der Waals surface area contributed by atoms with Crippen molar-refractivity contribution in [2.75, 3.05) is 32.8 Å². The van der Waals surface area contributed by atoms with Crippen LogP contribution in [0.2, 0.25) is 0 Å². The first kappa shape index (κ1) is 22.2. The Morgan fingerprint density at radius 3 is 2.20 bits per heavy atom. The van der Waals surface area contributed by atoms with Gasteiger partial charge in [-0.25, -0.2) is 8.78 Å². The fourth-order valence-corrected chi connectivity index (χ4v) is 4.08. The number of ether oxygens (including phenoxy) is 1. The molecule has 30 heavy (non-hydrogen) atoms. The van der Waals surface area contributed by atoms with E-state index in [0.717, 1.165) is 24.6 Å². The Balaban J connectivity index is 1.48. The second-order valence-electron chi connectivity index (χ2n) is 7.96. The molecule has 1 aromatic carbocycles. The maximum atomic E-state index is 13.9. The Labute approximate surface area is 175 Å². The lowest BCUT2D eigenvalue weighted by Gasteiger charge is -2.37. The minimum atomic E-state index is -0.750. The number of hydrogen-bond acceptors (Lipinski definition) is 4. The maximum Gasteiger partial charge on any atom is 0.309 e. The molecular formula is C22H28F2N2O4. The van der Waals surface area contributed by atoms with Gasteiger partial charge in [0.1, 0.15) is 11.6 Å². The molecule has 2 amide bonds. The SMILES string of the molecule is CCCOC(=O)C1CCN(C(=O)C2CCN(C(=O)c3cc(F)ccc3F)CC2)CC1. The van der Waals surface area contributed by atoms with Crippen LogP contribution in [0.1, 0.15) is 49.4 Å². The summed E-state index contributed by atoms with van der Waals surface area (Å²) >= 11 is 0. The molecule has 0 bridgehead atoms. The number of piperidine rings is 2. The Morgan fingerprint density at radius 2 is 1.57 bits per heavy atom. The van der Waals surface area contributed by atoms with Crippen molar-refractivity contribution in [2.24, 2.45) is 11.8 Å². The van der Waals surface area contributed by atoms with Crippen molar-refractivity contribution in [3.8, 4) is 0 Å². The summed E-state index contributed by atoms with van der Waals surface area (Å²) in [6.07, 6.45) is 2.96. The summed E-state index contributed by atoms with van der Waals surface area (Å²) in [7, 11) is 0. The van der Waals surface area contributed by atoms with Crippen molar-refractivity contribution < 1.29 is 27.9 Å². The van der Waals surface area contributed by atoms with E-state index in [9.17, 15) is 23.2 Å². The lowest BCUT2D eigenvalue weighted by molar-refractivity contribution is -0.152. The van der Waals surface area contributed by atoms with E-state index in [4.69, 9.17) is 4.74 Å². The molecule has 0 spiro atoms. The third kappa shape index (κ3) is 5.15. The van der Waals surface area contributed by atoms with Crippen LogP contribution >= 0.6 is 0 Å². The number of rotatable bonds is 5. The lowest BCUT2D eigenvalue weighted by atomic mass is 9.92. The number of carbonyl (C=O) groups excluding carboxylic acids is 3. The van der Waals surface area contributed by atoms with Gasteiger partial charge in [0.15, 0.2) is 0 Å². The van der Waals surface area contributed by atoms with E-state index >= 15 is 0 Å². The van der Waals surface area contributed by atoms with Crippen LogP contribution in [0.4, 0.5) is 8.78 Å². The molecule has 8 heteroatoms. The van der Waals surface area contributed by atoms with E-state index in [1.807, 2.05) is 6.92 Å². The number of benzene rings is 1.